The van der Waals surface area contributed by atoms with Crippen LogP contribution in [0, 0.1) is 6.92 Å². The fraction of sp³-hybridized carbons (Fsp3) is 0.280. The smallest absolute Gasteiger partial charge is 0.488 e. The molecule has 1 aromatic heterocycles. The number of hydrogen-bond acceptors (Lipinski definition) is 6. The van der Waals surface area contributed by atoms with Crippen molar-refractivity contribution in [2.75, 3.05) is 0 Å². The van der Waals surface area contributed by atoms with Crippen LogP contribution in [0.4, 0.5) is 13.2 Å². The number of fused-ring (bicyclic) bond motifs is 1. The monoisotopic (exact) mass is 582 g/mol. The minimum absolute atomic E-state index is 0.0411. The summed E-state index contributed by atoms with van der Waals surface area (Å²) < 4.78 is 49.0. The number of halogens is 5. The molecule has 39 heavy (non-hydrogen) atoms. The van der Waals surface area contributed by atoms with Gasteiger partial charge in [-0.05, 0) is 25.5 Å². The molecule has 2 aliphatic rings. The van der Waals surface area contributed by atoms with Crippen LogP contribution in [0.3, 0.4) is 0 Å². The van der Waals surface area contributed by atoms with Crippen LogP contribution < -0.4 is 14.8 Å². The largest absolute Gasteiger partial charge is 0.573 e. The SMILES string of the molecule is Cc1c(COc2cccc3c2CN(C2CCC(=O)NC2=O)C3=O)cnn1-c1c(Cl)cc(OC(F)(F)F)cc1Cl. The average Bonchev–Trinajstić information content (AvgIpc) is 3.36. The van der Waals surface area contributed by atoms with E-state index in [2.05, 4.69) is 15.2 Å². The average molecular weight is 583 g/mol. The van der Waals surface area contributed by atoms with Crippen molar-refractivity contribution in [3.63, 3.8) is 0 Å². The second kappa shape index (κ2) is 10.1. The van der Waals surface area contributed by atoms with Crippen LogP contribution in [0.15, 0.2) is 36.5 Å². The van der Waals surface area contributed by atoms with Gasteiger partial charge in [-0.25, -0.2) is 4.68 Å². The molecule has 0 spiro atoms. The Hall–Kier alpha value is -3.77. The third kappa shape index (κ3) is 5.26. The van der Waals surface area contributed by atoms with Gasteiger partial charge in [0, 0.05) is 40.9 Å². The minimum atomic E-state index is -4.90. The fourth-order valence-corrected chi connectivity index (χ4v) is 5.22. The van der Waals surface area contributed by atoms with E-state index in [1.807, 2.05) is 0 Å². The molecule has 1 atom stereocenters. The number of piperidine rings is 1. The van der Waals surface area contributed by atoms with Gasteiger partial charge >= 0.3 is 6.36 Å². The number of carbonyl (C=O) groups excluding carboxylic acids is 3. The maximum atomic E-state index is 13.0. The van der Waals surface area contributed by atoms with Crippen LogP contribution >= 0.6 is 23.2 Å². The van der Waals surface area contributed by atoms with Crippen molar-refractivity contribution in [1.82, 2.24) is 20.0 Å². The highest BCUT2D eigenvalue weighted by molar-refractivity contribution is 6.38. The Balaban J connectivity index is 1.34. The van der Waals surface area contributed by atoms with E-state index in [1.54, 1.807) is 25.1 Å². The molecule has 2 aliphatic heterocycles. The summed E-state index contributed by atoms with van der Waals surface area (Å²) >= 11 is 12.4. The molecule has 9 nitrogen and oxygen atoms in total. The molecule has 3 aromatic rings. The zero-order chi connectivity index (χ0) is 28.1. The molecule has 0 aliphatic carbocycles. The van der Waals surface area contributed by atoms with E-state index < -0.39 is 24.1 Å². The molecule has 0 radical (unpaired) electrons. The summed E-state index contributed by atoms with van der Waals surface area (Å²) in [5.74, 6) is -1.32. The quantitative estimate of drug-likeness (QED) is 0.422. The molecule has 2 aromatic carbocycles. The lowest BCUT2D eigenvalue weighted by Gasteiger charge is -2.29. The molecule has 14 heteroatoms. The highest BCUT2D eigenvalue weighted by Gasteiger charge is 2.40. The summed E-state index contributed by atoms with van der Waals surface area (Å²) in [5.41, 5.74) is 2.38. The van der Waals surface area contributed by atoms with Crippen molar-refractivity contribution < 1.29 is 37.0 Å². The van der Waals surface area contributed by atoms with E-state index in [9.17, 15) is 27.6 Å². The first-order valence-corrected chi connectivity index (χ1v) is 12.4. The first kappa shape index (κ1) is 26.8. The number of carbonyl (C=O) groups is 3. The van der Waals surface area contributed by atoms with Gasteiger partial charge in [0.15, 0.2) is 0 Å². The zero-order valence-electron chi connectivity index (χ0n) is 20.1. The molecular formula is C25H19Cl2F3N4O5. The Kier molecular flexibility index (Phi) is 6.93. The van der Waals surface area contributed by atoms with Crippen LogP contribution in [0.1, 0.15) is 40.0 Å². The maximum absolute atomic E-state index is 13.0. The first-order valence-electron chi connectivity index (χ1n) is 11.6. The van der Waals surface area contributed by atoms with E-state index >= 15 is 0 Å². The number of nitrogens with one attached hydrogen (secondary N) is 1. The van der Waals surface area contributed by atoms with Gasteiger partial charge in [-0.3, -0.25) is 19.7 Å². The van der Waals surface area contributed by atoms with Crippen LogP contribution in [0.2, 0.25) is 10.0 Å². The Labute approximate surface area is 229 Å². The van der Waals surface area contributed by atoms with Gasteiger partial charge in [0.05, 0.1) is 22.8 Å². The van der Waals surface area contributed by atoms with Gasteiger partial charge in [0.25, 0.3) is 5.91 Å². The van der Waals surface area contributed by atoms with Crippen molar-refractivity contribution in [3.8, 4) is 17.2 Å². The van der Waals surface area contributed by atoms with Gasteiger partial charge in [0.2, 0.25) is 11.8 Å². The maximum Gasteiger partial charge on any atom is 0.573 e. The van der Waals surface area contributed by atoms with Crippen LogP contribution in [0.25, 0.3) is 5.69 Å². The standard InChI is InChI=1S/C25H19Cl2F3N4O5/c1-12-13(9-31-34(12)22-17(26)7-14(8-18(22)27)39-25(28,29)30)11-38-20-4-2-3-15-16(20)10-33(24(15)37)19-5-6-21(35)32-23(19)36/h2-4,7-9,19H,5-6,10-11H2,1H3,(H,32,35,36). The number of ether oxygens (including phenoxy) is 2. The van der Waals surface area contributed by atoms with E-state index in [-0.39, 0.29) is 53.5 Å². The molecule has 1 fully saturated rings. The number of rotatable bonds is 6. The third-order valence-corrected chi connectivity index (χ3v) is 7.05. The first-order chi connectivity index (χ1) is 18.4. The number of imide groups is 1. The summed E-state index contributed by atoms with van der Waals surface area (Å²) in [5, 5.41) is 6.33. The second-order valence-electron chi connectivity index (χ2n) is 8.92. The minimum Gasteiger partial charge on any atom is -0.488 e. The molecule has 1 N–H and O–H groups in total. The lowest BCUT2D eigenvalue weighted by atomic mass is 10.0. The van der Waals surface area contributed by atoms with Gasteiger partial charge in [-0.2, -0.15) is 5.10 Å². The molecule has 3 heterocycles. The number of amides is 3. The van der Waals surface area contributed by atoms with E-state index in [0.29, 0.717) is 28.1 Å². The number of nitrogens with zero attached hydrogens (tertiary/aromatic N) is 3. The summed E-state index contributed by atoms with van der Waals surface area (Å²) in [6.45, 7) is 1.90. The Morgan fingerprint density at radius 1 is 1.15 bits per heavy atom. The molecule has 5 rings (SSSR count). The molecule has 0 saturated carbocycles. The molecule has 0 bridgehead atoms. The predicted molar refractivity (Wildman–Crippen MR) is 132 cm³/mol. The molecule has 1 saturated heterocycles. The second-order valence-corrected chi connectivity index (χ2v) is 9.74. The van der Waals surface area contributed by atoms with E-state index in [1.165, 1.54) is 15.8 Å². The van der Waals surface area contributed by atoms with Gasteiger partial charge < -0.3 is 14.4 Å². The lowest BCUT2D eigenvalue weighted by molar-refractivity contribution is -0.274. The van der Waals surface area contributed by atoms with Crippen molar-refractivity contribution in [3.05, 3.63) is 69.0 Å². The fourth-order valence-electron chi connectivity index (χ4n) is 4.60. The van der Waals surface area contributed by atoms with Gasteiger partial charge in [0.1, 0.15) is 29.8 Å². The van der Waals surface area contributed by atoms with Crippen molar-refractivity contribution in [1.29, 1.82) is 0 Å². The summed E-state index contributed by atoms with van der Waals surface area (Å²) in [4.78, 5) is 38.3. The Morgan fingerprint density at radius 3 is 2.54 bits per heavy atom. The van der Waals surface area contributed by atoms with E-state index in [0.717, 1.165) is 12.1 Å². The van der Waals surface area contributed by atoms with Gasteiger partial charge in [-0.1, -0.05) is 29.3 Å². The lowest BCUT2D eigenvalue weighted by Crippen LogP contribution is -2.52. The van der Waals surface area contributed by atoms with E-state index in [4.69, 9.17) is 27.9 Å². The van der Waals surface area contributed by atoms with Crippen LogP contribution in [0.5, 0.6) is 11.5 Å². The Bertz CT molecular complexity index is 1480. The number of hydrogen-bond donors (Lipinski definition) is 1. The van der Waals surface area contributed by atoms with Crippen molar-refractivity contribution in [2.24, 2.45) is 0 Å². The highest BCUT2D eigenvalue weighted by Crippen LogP contribution is 2.37. The zero-order valence-corrected chi connectivity index (χ0v) is 21.7. The summed E-state index contributed by atoms with van der Waals surface area (Å²) in [6, 6.07) is 6.25. The normalized spacial score (nSPS) is 17.3. The summed E-state index contributed by atoms with van der Waals surface area (Å²) in [6.07, 6.45) is -3.00. The van der Waals surface area contributed by atoms with Gasteiger partial charge in [-0.15, -0.1) is 13.2 Å². The third-order valence-electron chi connectivity index (χ3n) is 6.47. The predicted octanol–water partition coefficient (Wildman–Crippen LogP) is 4.73. The van der Waals surface area contributed by atoms with Crippen molar-refractivity contribution >= 4 is 40.9 Å². The topological polar surface area (TPSA) is 103 Å². The number of alkyl halides is 3. The molecular weight excluding hydrogens is 564 g/mol. The molecule has 204 valence electrons. The van der Waals surface area contributed by atoms with Crippen molar-refractivity contribution in [2.45, 2.75) is 45.3 Å². The molecule has 1 unspecified atom stereocenters. The van der Waals surface area contributed by atoms with Crippen LogP contribution in [-0.4, -0.2) is 44.8 Å². The molecule has 3 amide bonds. The van der Waals surface area contributed by atoms with Crippen LogP contribution in [-0.2, 0) is 22.7 Å². The number of benzene rings is 2. The Morgan fingerprint density at radius 2 is 1.87 bits per heavy atom. The highest BCUT2D eigenvalue weighted by atomic mass is 35.5. The number of aromatic nitrogens is 2. The summed E-state index contributed by atoms with van der Waals surface area (Å²) in [7, 11) is 0.